The normalized spacial score (nSPS) is 17.9. The number of aromatic hydroxyl groups is 1. The maximum absolute atomic E-state index is 13.1. The molecule has 0 spiro atoms. The van der Waals surface area contributed by atoms with E-state index in [2.05, 4.69) is 4.98 Å². The van der Waals surface area contributed by atoms with Gasteiger partial charge in [-0.15, -0.1) is 11.3 Å². The number of nitrogens with zero attached hydrogens (tertiary/aromatic N) is 2. The number of phenolic OH excluding ortho intramolecular Hbond substituents is 1. The van der Waals surface area contributed by atoms with Gasteiger partial charge in [0.05, 0.1) is 18.7 Å². The number of rotatable bonds is 4. The van der Waals surface area contributed by atoms with Gasteiger partial charge in [-0.2, -0.15) is 0 Å². The van der Waals surface area contributed by atoms with Gasteiger partial charge in [-0.25, -0.2) is 4.98 Å². The Morgan fingerprint density at radius 1 is 1.16 bits per heavy atom. The number of thiazole rings is 1. The van der Waals surface area contributed by atoms with E-state index in [1.54, 1.807) is 29.8 Å². The van der Waals surface area contributed by atoms with E-state index in [1.165, 1.54) is 29.4 Å². The van der Waals surface area contributed by atoms with Crippen molar-refractivity contribution in [2.24, 2.45) is 0 Å². The molecular weight excluding hydrogens is 416 g/mol. The van der Waals surface area contributed by atoms with Crippen LogP contribution < -0.4 is 9.64 Å². The number of hydrogen-bond donors (Lipinski definition) is 2. The highest BCUT2D eigenvalue weighted by Gasteiger charge is 2.48. The Hall–Kier alpha value is -3.65. The fraction of sp³-hybridized carbons (Fsp3) is 0.174. The molecular formula is C23H20N2O5S. The number of Topliss-reactive ketones (excluding diaryl/α,β-unsaturated/α-hetero) is 1. The number of aliphatic hydroxyl groups is 1. The number of amides is 1. The summed E-state index contributed by atoms with van der Waals surface area (Å²) in [6.07, 6.45) is 1.54. The summed E-state index contributed by atoms with van der Waals surface area (Å²) in [7, 11) is 1.41. The highest BCUT2D eigenvalue weighted by atomic mass is 32.1. The number of methoxy groups -OCH3 is 1. The average Bonchev–Trinajstić information content (AvgIpc) is 3.37. The van der Waals surface area contributed by atoms with Crippen molar-refractivity contribution in [3.05, 3.63) is 75.8 Å². The lowest BCUT2D eigenvalue weighted by Gasteiger charge is -2.23. The second kappa shape index (κ2) is 7.88. The molecule has 1 amide bonds. The third kappa shape index (κ3) is 3.44. The molecule has 3 aromatic rings. The van der Waals surface area contributed by atoms with Gasteiger partial charge < -0.3 is 14.9 Å². The molecule has 158 valence electrons. The monoisotopic (exact) mass is 436 g/mol. The Morgan fingerprint density at radius 2 is 1.94 bits per heavy atom. The Kier molecular flexibility index (Phi) is 5.24. The molecule has 0 saturated carbocycles. The van der Waals surface area contributed by atoms with Crippen molar-refractivity contribution in [3.8, 4) is 11.5 Å². The highest BCUT2D eigenvalue weighted by molar-refractivity contribution is 7.14. The molecule has 0 radical (unpaired) electrons. The third-order valence-electron chi connectivity index (χ3n) is 5.24. The SMILES string of the molecule is COc1cc(C2C(=C(O)c3cc(C)ccc3C)C(=O)C(=O)N2c2nccs2)ccc1O. The molecule has 1 unspecified atom stereocenters. The first-order valence-corrected chi connectivity index (χ1v) is 10.4. The molecule has 7 nitrogen and oxygen atoms in total. The number of carbonyl (C=O) groups excluding carboxylic acids is 2. The number of benzene rings is 2. The summed E-state index contributed by atoms with van der Waals surface area (Å²) in [4.78, 5) is 31.6. The number of anilines is 1. The number of carbonyl (C=O) groups is 2. The standard InChI is InChI=1S/C23H20N2O5S/c1-12-4-5-13(2)15(10-12)20(27)18-19(14-6-7-16(26)17(11-14)30-3)25(22(29)21(18)28)23-24-8-9-31-23/h4-11,19,26-27H,1-3H3. The first kappa shape index (κ1) is 20.6. The maximum Gasteiger partial charge on any atom is 0.301 e. The number of aliphatic hydroxyl groups excluding tert-OH is 1. The molecule has 8 heteroatoms. The van der Waals surface area contributed by atoms with Gasteiger partial charge in [-0.05, 0) is 43.2 Å². The van der Waals surface area contributed by atoms with Crippen molar-refractivity contribution in [3.63, 3.8) is 0 Å². The van der Waals surface area contributed by atoms with Crippen molar-refractivity contribution in [2.45, 2.75) is 19.9 Å². The zero-order valence-electron chi connectivity index (χ0n) is 17.1. The Morgan fingerprint density at radius 3 is 2.61 bits per heavy atom. The fourth-order valence-electron chi connectivity index (χ4n) is 3.68. The van der Waals surface area contributed by atoms with Gasteiger partial charge >= 0.3 is 5.91 Å². The molecule has 31 heavy (non-hydrogen) atoms. The van der Waals surface area contributed by atoms with Gasteiger partial charge in [0.15, 0.2) is 16.6 Å². The summed E-state index contributed by atoms with van der Waals surface area (Å²) in [5.41, 5.74) is 2.61. The third-order valence-corrected chi connectivity index (χ3v) is 6.01. The zero-order valence-corrected chi connectivity index (χ0v) is 17.9. The number of aryl methyl sites for hydroxylation is 2. The van der Waals surface area contributed by atoms with E-state index in [9.17, 15) is 19.8 Å². The van der Waals surface area contributed by atoms with Gasteiger partial charge in [0.2, 0.25) is 0 Å². The van der Waals surface area contributed by atoms with Gasteiger partial charge in [0.1, 0.15) is 5.76 Å². The first-order chi connectivity index (χ1) is 14.8. The molecule has 2 aromatic carbocycles. The molecule has 1 aliphatic heterocycles. The van der Waals surface area contributed by atoms with Gasteiger partial charge in [0, 0.05) is 17.1 Å². The summed E-state index contributed by atoms with van der Waals surface area (Å²) in [5.74, 6) is -1.72. The van der Waals surface area contributed by atoms with E-state index in [0.29, 0.717) is 16.3 Å². The molecule has 0 bridgehead atoms. The van der Waals surface area contributed by atoms with Crippen LogP contribution in [0.15, 0.2) is 53.5 Å². The van der Waals surface area contributed by atoms with Crippen molar-refractivity contribution < 1.29 is 24.5 Å². The van der Waals surface area contributed by atoms with E-state index in [4.69, 9.17) is 4.74 Å². The summed E-state index contributed by atoms with van der Waals surface area (Å²) < 4.78 is 5.21. The van der Waals surface area contributed by atoms with Crippen LogP contribution in [0.3, 0.4) is 0 Å². The van der Waals surface area contributed by atoms with Crippen LogP contribution in [0, 0.1) is 13.8 Å². The smallest absolute Gasteiger partial charge is 0.301 e. The van der Waals surface area contributed by atoms with Crippen LogP contribution in [0.25, 0.3) is 5.76 Å². The van der Waals surface area contributed by atoms with E-state index < -0.39 is 17.7 Å². The minimum absolute atomic E-state index is 0.0401. The minimum atomic E-state index is -0.930. The zero-order chi connectivity index (χ0) is 22.3. The minimum Gasteiger partial charge on any atom is -0.507 e. The van der Waals surface area contributed by atoms with Crippen LogP contribution in [0.2, 0.25) is 0 Å². The van der Waals surface area contributed by atoms with Gasteiger partial charge in [-0.3, -0.25) is 14.5 Å². The van der Waals surface area contributed by atoms with Crippen LogP contribution in [-0.2, 0) is 9.59 Å². The molecule has 1 saturated heterocycles. The lowest BCUT2D eigenvalue weighted by Crippen LogP contribution is -2.29. The summed E-state index contributed by atoms with van der Waals surface area (Å²) in [6.45, 7) is 3.71. The molecule has 1 aromatic heterocycles. The summed E-state index contributed by atoms with van der Waals surface area (Å²) >= 11 is 1.21. The molecule has 2 heterocycles. The maximum atomic E-state index is 13.1. The van der Waals surface area contributed by atoms with Crippen LogP contribution in [0.1, 0.15) is 28.3 Å². The molecule has 1 fully saturated rings. The Labute approximate surface area is 182 Å². The number of phenols is 1. The van der Waals surface area contributed by atoms with Gasteiger partial charge in [-0.1, -0.05) is 23.8 Å². The van der Waals surface area contributed by atoms with Crippen molar-refractivity contribution in [2.75, 3.05) is 12.0 Å². The summed E-state index contributed by atoms with van der Waals surface area (Å²) in [6, 6.07) is 9.15. The number of aromatic nitrogens is 1. The van der Waals surface area contributed by atoms with Crippen LogP contribution in [-0.4, -0.2) is 34.0 Å². The van der Waals surface area contributed by atoms with E-state index >= 15 is 0 Å². The average molecular weight is 436 g/mol. The highest BCUT2D eigenvalue weighted by Crippen LogP contribution is 2.44. The number of hydrogen-bond acceptors (Lipinski definition) is 7. The van der Waals surface area contributed by atoms with Crippen LogP contribution >= 0.6 is 11.3 Å². The van der Waals surface area contributed by atoms with Crippen molar-refractivity contribution >= 4 is 33.9 Å². The van der Waals surface area contributed by atoms with E-state index in [0.717, 1.165) is 11.1 Å². The Bertz CT molecular complexity index is 1220. The first-order valence-electron chi connectivity index (χ1n) is 9.48. The predicted octanol–water partition coefficient (Wildman–Crippen LogP) is 4.10. The number of ether oxygens (including phenoxy) is 1. The molecule has 4 rings (SSSR count). The predicted molar refractivity (Wildman–Crippen MR) is 117 cm³/mol. The lowest BCUT2D eigenvalue weighted by atomic mass is 9.93. The lowest BCUT2D eigenvalue weighted by molar-refractivity contribution is -0.132. The molecule has 1 aliphatic rings. The summed E-state index contributed by atoms with van der Waals surface area (Å²) in [5, 5.41) is 23.3. The van der Waals surface area contributed by atoms with Gasteiger partial charge in [0.25, 0.3) is 5.78 Å². The van der Waals surface area contributed by atoms with Crippen molar-refractivity contribution in [1.82, 2.24) is 4.98 Å². The molecule has 1 atom stereocenters. The van der Waals surface area contributed by atoms with E-state index in [1.807, 2.05) is 26.0 Å². The van der Waals surface area contributed by atoms with Crippen molar-refractivity contribution in [1.29, 1.82) is 0 Å². The Balaban J connectivity index is 1.99. The largest absolute Gasteiger partial charge is 0.507 e. The number of ketones is 1. The molecule has 0 aliphatic carbocycles. The van der Waals surface area contributed by atoms with E-state index in [-0.39, 0.29) is 22.8 Å². The topological polar surface area (TPSA) is 100.0 Å². The quantitative estimate of drug-likeness (QED) is 0.363. The second-order valence-electron chi connectivity index (χ2n) is 7.23. The van der Waals surface area contributed by atoms with Crippen LogP contribution in [0.4, 0.5) is 5.13 Å². The van der Waals surface area contributed by atoms with Crippen LogP contribution in [0.5, 0.6) is 11.5 Å². The fourth-order valence-corrected chi connectivity index (χ4v) is 4.35. The molecule has 2 N–H and O–H groups in total. The second-order valence-corrected chi connectivity index (χ2v) is 8.11.